The average molecular weight is 262 g/mol. The zero-order chi connectivity index (χ0) is 14.0. The monoisotopic (exact) mass is 262 g/mol. The van der Waals surface area contributed by atoms with E-state index in [1.807, 2.05) is 10.7 Å². The summed E-state index contributed by atoms with van der Waals surface area (Å²) in [5, 5.41) is 4.49. The maximum absolute atomic E-state index is 12.7. The topological polar surface area (TPSA) is 34.9 Å². The van der Waals surface area contributed by atoms with Gasteiger partial charge in [0, 0.05) is 12.5 Å². The van der Waals surface area contributed by atoms with Crippen LogP contribution in [0.15, 0.2) is 6.07 Å². The van der Waals surface area contributed by atoms with Gasteiger partial charge in [0.15, 0.2) is 5.78 Å². The van der Waals surface area contributed by atoms with Crippen molar-refractivity contribution >= 4 is 5.78 Å². The lowest BCUT2D eigenvalue weighted by Gasteiger charge is -2.31. The SMILES string of the molecule is CCc1cc(C(=O)C2CCC(C)C(C)C2)n(CC)n1. The Balaban J connectivity index is 2.17. The smallest absolute Gasteiger partial charge is 0.183 e. The van der Waals surface area contributed by atoms with Crippen molar-refractivity contribution in [3.63, 3.8) is 0 Å². The summed E-state index contributed by atoms with van der Waals surface area (Å²) in [4.78, 5) is 12.7. The summed E-state index contributed by atoms with van der Waals surface area (Å²) in [6, 6.07) is 1.99. The number of Topliss-reactive ketones (excluding diaryl/α,β-unsaturated/α-hetero) is 1. The van der Waals surface area contributed by atoms with E-state index >= 15 is 0 Å². The molecule has 1 aromatic rings. The minimum absolute atomic E-state index is 0.206. The third-order valence-electron chi connectivity index (χ3n) is 4.71. The molecule has 3 nitrogen and oxygen atoms in total. The van der Waals surface area contributed by atoms with Crippen LogP contribution in [0.1, 0.15) is 63.1 Å². The van der Waals surface area contributed by atoms with Gasteiger partial charge >= 0.3 is 0 Å². The largest absolute Gasteiger partial charge is 0.292 e. The van der Waals surface area contributed by atoms with Crippen molar-refractivity contribution in [1.82, 2.24) is 9.78 Å². The Morgan fingerprint density at radius 1 is 1.32 bits per heavy atom. The van der Waals surface area contributed by atoms with Gasteiger partial charge in [-0.3, -0.25) is 9.48 Å². The van der Waals surface area contributed by atoms with Crippen LogP contribution in [-0.4, -0.2) is 15.6 Å². The van der Waals surface area contributed by atoms with E-state index < -0.39 is 0 Å². The van der Waals surface area contributed by atoms with Crippen LogP contribution in [0.25, 0.3) is 0 Å². The standard InChI is InChI=1S/C16H26N2O/c1-5-14-10-15(18(6-2)17-14)16(19)13-8-7-11(3)12(4)9-13/h10-13H,5-9H2,1-4H3. The first-order chi connectivity index (χ1) is 9.06. The molecule has 0 aliphatic heterocycles. The van der Waals surface area contributed by atoms with Gasteiger partial charge in [-0.15, -0.1) is 0 Å². The third kappa shape index (κ3) is 2.90. The molecule has 106 valence electrons. The summed E-state index contributed by atoms with van der Waals surface area (Å²) in [6.07, 6.45) is 4.15. The molecule has 3 heteroatoms. The molecule has 0 N–H and O–H groups in total. The number of nitrogens with zero attached hydrogens (tertiary/aromatic N) is 2. The van der Waals surface area contributed by atoms with Gasteiger partial charge in [-0.2, -0.15) is 5.10 Å². The van der Waals surface area contributed by atoms with Gasteiger partial charge in [-0.1, -0.05) is 20.8 Å². The molecular formula is C16H26N2O. The van der Waals surface area contributed by atoms with Crippen molar-refractivity contribution in [3.8, 4) is 0 Å². The molecule has 0 amide bonds. The van der Waals surface area contributed by atoms with Gasteiger partial charge in [-0.25, -0.2) is 0 Å². The van der Waals surface area contributed by atoms with E-state index in [2.05, 4.69) is 32.8 Å². The van der Waals surface area contributed by atoms with Gasteiger partial charge in [0.2, 0.25) is 0 Å². The molecule has 1 fully saturated rings. The van der Waals surface area contributed by atoms with Crippen molar-refractivity contribution in [2.45, 2.75) is 59.9 Å². The predicted molar refractivity (Wildman–Crippen MR) is 77.3 cm³/mol. The zero-order valence-electron chi connectivity index (χ0n) is 12.6. The Morgan fingerprint density at radius 3 is 2.63 bits per heavy atom. The summed E-state index contributed by atoms with van der Waals surface area (Å²) in [5.41, 5.74) is 1.86. The zero-order valence-corrected chi connectivity index (χ0v) is 12.6. The first-order valence-electron chi connectivity index (χ1n) is 7.67. The maximum atomic E-state index is 12.7. The van der Waals surface area contributed by atoms with E-state index in [4.69, 9.17) is 0 Å². The molecule has 0 aromatic carbocycles. The average Bonchev–Trinajstić information content (AvgIpc) is 2.84. The Hall–Kier alpha value is -1.12. The van der Waals surface area contributed by atoms with Crippen LogP contribution in [0, 0.1) is 17.8 Å². The van der Waals surface area contributed by atoms with Crippen LogP contribution in [0.4, 0.5) is 0 Å². The first-order valence-corrected chi connectivity index (χ1v) is 7.67. The maximum Gasteiger partial charge on any atom is 0.183 e. The number of carbonyl (C=O) groups is 1. The van der Waals surface area contributed by atoms with Crippen LogP contribution in [0.2, 0.25) is 0 Å². The molecule has 1 aromatic heterocycles. The quantitative estimate of drug-likeness (QED) is 0.775. The van der Waals surface area contributed by atoms with Crippen LogP contribution in [-0.2, 0) is 13.0 Å². The Labute approximate surface area is 116 Å². The van der Waals surface area contributed by atoms with Crippen molar-refractivity contribution in [1.29, 1.82) is 0 Å². The molecule has 3 unspecified atom stereocenters. The van der Waals surface area contributed by atoms with Gasteiger partial charge in [0.1, 0.15) is 5.69 Å². The van der Waals surface area contributed by atoms with Crippen LogP contribution < -0.4 is 0 Å². The second-order valence-electron chi connectivity index (χ2n) is 6.02. The van der Waals surface area contributed by atoms with Crippen LogP contribution in [0.3, 0.4) is 0 Å². The Bertz CT molecular complexity index is 450. The van der Waals surface area contributed by atoms with Gasteiger partial charge in [-0.05, 0) is 50.5 Å². The van der Waals surface area contributed by atoms with E-state index in [9.17, 15) is 4.79 Å². The Kier molecular flexibility index (Phi) is 4.43. The minimum Gasteiger partial charge on any atom is -0.292 e. The van der Waals surface area contributed by atoms with E-state index in [1.165, 1.54) is 6.42 Å². The molecule has 1 aliphatic carbocycles. The molecule has 3 atom stereocenters. The number of carbonyl (C=O) groups excluding carboxylic acids is 1. The highest BCUT2D eigenvalue weighted by Gasteiger charge is 2.31. The minimum atomic E-state index is 0.206. The van der Waals surface area contributed by atoms with Crippen molar-refractivity contribution in [2.75, 3.05) is 0 Å². The number of ketones is 1. The molecule has 19 heavy (non-hydrogen) atoms. The molecule has 0 bridgehead atoms. The lowest BCUT2D eigenvalue weighted by molar-refractivity contribution is 0.0826. The summed E-state index contributed by atoms with van der Waals surface area (Å²) in [6.45, 7) is 9.49. The summed E-state index contributed by atoms with van der Waals surface area (Å²) < 4.78 is 1.88. The predicted octanol–water partition coefficient (Wildman–Crippen LogP) is 3.72. The van der Waals surface area contributed by atoms with Crippen molar-refractivity contribution in [2.24, 2.45) is 17.8 Å². The fourth-order valence-corrected chi connectivity index (χ4v) is 3.08. The lowest BCUT2D eigenvalue weighted by Crippen LogP contribution is -2.27. The van der Waals surface area contributed by atoms with Crippen LogP contribution in [0.5, 0.6) is 0 Å². The molecule has 2 rings (SSSR count). The lowest BCUT2D eigenvalue weighted by atomic mass is 9.74. The van der Waals surface area contributed by atoms with E-state index in [0.29, 0.717) is 11.7 Å². The summed E-state index contributed by atoms with van der Waals surface area (Å²) in [5.74, 6) is 1.93. The van der Waals surface area contributed by atoms with E-state index in [0.717, 1.165) is 43.1 Å². The summed E-state index contributed by atoms with van der Waals surface area (Å²) in [7, 11) is 0. The molecule has 1 aliphatic rings. The highest BCUT2D eigenvalue weighted by Crippen LogP contribution is 2.35. The number of hydrogen-bond donors (Lipinski definition) is 0. The van der Waals surface area contributed by atoms with Gasteiger partial charge in [0.25, 0.3) is 0 Å². The Morgan fingerprint density at radius 2 is 2.05 bits per heavy atom. The fraction of sp³-hybridized carbons (Fsp3) is 0.750. The van der Waals surface area contributed by atoms with Crippen molar-refractivity contribution in [3.05, 3.63) is 17.5 Å². The van der Waals surface area contributed by atoms with E-state index in [-0.39, 0.29) is 5.92 Å². The molecular weight excluding hydrogens is 236 g/mol. The number of aromatic nitrogens is 2. The molecule has 0 spiro atoms. The first kappa shape index (κ1) is 14.3. The van der Waals surface area contributed by atoms with Crippen LogP contribution >= 0.6 is 0 Å². The molecule has 0 saturated heterocycles. The van der Waals surface area contributed by atoms with Crippen molar-refractivity contribution < 1.29 is 4.79 Å². The molecule has 0 radical (unpaired) electrons. The van der Waals surface area contributed by atoms with E-state index in [1.54, 1.807) is 0 Å². The fourth-order valence-electron chi connectivity index (χ4n) is 3.08. The summed E-state index contributed by atoms with van der Waals surface area (Å²) >= 11 is 0. The van der Waals surface area contributed by atoms with Gasteiger partial charge < -0.3 is 0 Å². The van der Waals surface area contributed by atoms with Gasteiger partial charge in [0.05, 0.1) is 5.69 Å². The number of aryl methyl sites for hydroxylation is 2. The molecule has 1 saturated carbocycles. The normalized spacial score (nSPS) is 27.5. The number of rotatable bonds is 4. The highest BCUT2D eigenvalue weighted by atomic mass is 16.1. The third-order valence-corrected chi connectivity index (χ3v) is 4.71. The highest BCUT2D eigenvalue weighted by molar-refractivity contribution is 5.96. The molecule has 1 heterocycles. The number of hydrogen-bond acceptors (Lipinski definition) is 2. The second-order valence-corrected chi connectivity index (χ2v) is 6.02. The second kappa shape index (κ2) is 5.89.